The van der Waals surface area contributed by atoms with Gasteiger partial charge in [-0.25, -0.2) is 4.79 Å². The van der Waals surface area contributed by atoms with Crippen molar-refractivity contribution in [3.8, 4) is 0 Å². The Morgan fingerprint density at radius 3 is 2.37 bits per heavy atom. The second-order valence-electron chi connectivity index (χ2n) is 3.82. The van der Waals surface area contributed by atoms with Gasteiger partial charge in [0.05, 0.1) is 6.61 Å². The van der Waals surface area contributed by atoms with E-state index < -0.39 is 6.09 Å². The number of nitrogens with zero attached hydrogens (tertiary/aromatic N) is 1. The van der Waals surface area contributed by atoms with Crippen LogP contribution in [0.25, 0.3) is 0 Å². The average Bonchev–Trinajstić information content (AvgIpc) is 2.93. The first-order valence-corrected chi connectivity index (χ1v) is 5.92. The van der Waals surface area contributed by atoms with Crippen molar-refractivity contribution >= 4 is 17.7 Å². The number of nitrogens with one attached hydrogen (secondary N) is 1. The molecule has 0 aliphatic carbocycles. The van der Waals surface area contributed by atoms with E-state index in [2.05, 4.69) is 5.32 Å². The van der Waals surface area contributed by atoms with Crippen LogP contribution in [0.15, 0.2) is 48.8 Å². The molecular formula is C14H14N2O3. The summed E-state index contributed by atoms with van der Waals surface area (Å²) in [6.45, 7) is 2.05. The van der Waals surface area contributed by atoms with Crippen LogP contribution in [0.4, 0.5) is 10.5 Å². The van der Waals surface area contributed by atoms with Crippen LogP contribution < -0.4 is 5.32 Å². The van der Waals surface area contributed by atoms with Crippen molar-refractivity contribution in [1.29, 1.82) is 0 Å². The number of amides is 1. The van der Waals surface area contributed by atoms with Gasteiger partial charge >= 0.3 is 6.09 Å². The number of anilines is 1. The van der Waals surface area contributed by atoms with Gasteiger partial charge in [0.15, 0.2) is 0 Å². The third-order valence-corrected chi connectivity index (χ3v) is 2.49. The Kier molecular flexibility index (Phi) is 3.97. The maximum atomic E-state index is 12.0. The molecule has 1 N–H and O–H groups in total. The van der Waals surface area contributed by atoms with Crippen LogP contribution in [0.1, 0.15) is 17.3 Å². The Labute approximate surface area is 110 Å². The number of benzene rings is 1. The number of ether oxygens (including phenoxy) is 1. The molecule has 0 bridgehead atoms. The number of aromatic nitrogens is 1. The topological polar surface area (TPSA) is 60.3 Å². The molecule has 0 fully saturated rings. The Balaban J connectivity index is 2.06. The van der Waals surface area contributed by atoms with E-state index >= 15 is 0 Å². The summed E-state index contributed by atoms with van der Waals surface area (Å²) in [6.07, 6.45) is 2.87. The monoisotopic (exact) mass is 258 g/mol. The van der Waals surface area contributed by atoms with Crippen LogP contribution in [-0.4, -0.2) is 23.2 Å². The van der Waals surface area contributed by atoms with Crippen LogP contribution >= 0.6 is 0 Å². The van der Waals surface area contributed by atoms with Gasteiger partial charge in [-0.05, 0) is 43.3 Å². The number of hydrogen-bond acceptors (Lipinski definition) is 3. The molecule has 0 radical (unpaired) electrons. The standard InChI is InChI=1S/C14H14N2O3/c1-2-19-14(18)15-12-7-5-11(6-8-12)13(17)16-9-3-4-10-16/h3-10H,2H2,1H3,(H,15,18). The van der Waals surface area contributed by atoms with E-state index in [1.54, 1.807) is 55.7 Å². The number of carbonyl (C=O) groups excluding carboxylic acids is 2. The van der Waals surface area contributed by atoms with Gasteiger partial charge in [-0.3, -0.25) is 14.7 Å². The zero-order chi connectivity index (χ0) is 13.7. The summed E-state index contributed by atoms with van der Waals surface area (Å²) in [4.78, 5) is 23.2. The number of hydrogen-bond donors (Lipinski definition) is 1. The summed E-state index contributed by atoms with van der Waals surface area (Å²) in [5.41, 5.74) is 1.13. The molecule has 5 heteroatoms. The fraction of sp³-hybridized carbons (Fsp3) is 0.143. The molecule has 0 unspecified atom stereocenters. The zero-order valence-electron chi connectivity index (χ0n) is 10.5. The molecule has 0 aliphatic rings. The van der Waals surface area contributed by atoms with Crippen LogP contribution in [0.2, 0.25) is 0 Å². The highest BCUT2D eigenvalue weighted by atomic mass is 16.5. The Morgan fingerprint density at radius 1 is 1.16 bits per heavy atom. The maximum Gasteiger partial charge on any atom is 0.411 e. The van der Waals surface area contributed by atoms with Gasteiger partial charge in [0, 0.05) is 23.6 Å². The van der Waals surface area contributed by atoms with Crippen molar-refractivity contribution in [2.45, 2.75) is 6.92 Å². The van der Waals surface area contributed by atoms with E-state index in [0.29, 0.717) is 17.9 Å². The smallest absolute Gasteiger partial charge is 0.411 e. The van der Waals surface area contributed by atoms with Crippen LogP contribution in [-0.2, 0) is 4.74 Å². The minimum atomic E-state index is -0.507. The van der Waals surface area contributed by atoms with Crippen molar-refractivity contribution < 1.29 is 14.3 Å². The predicted molar refractivity (Wildman–Crippen MR) is 71.2 cm³/mol. The van der Waals surface area contributed by atoms with Gasteiger partial charge in [-0.1, -0.05) is 0 Å². The summed E-state index contributed by atoms with van der Waals surface area (Å²) >= 11 is 0. The van der Waals surface area contributed by atoms with Crippen LogP contribution in [0.3, 0.4) is 0 Å². The molecule has 1 heterocycles. The fourth-order valence-corrected chi connectivity index (χ4v) is 1.60. The van der Waals surface area contributed by atoms with Gasteiger partial charge < -0.3 is 4.74 Å². The number of rotatable bonds is 3. The summed E-state index contributed by atoms with van der Waals surface area (Å²) < 4.78 is 6.26. The molecule has 98 valence electrons. The van der Waals surface area contributed by atoms with E-state index in [9.17, 15) is 9.59 Å². The second-order valence-corrected chi connectivity index (χ2v) is 3.82. The Bertz CT molecular complexity index is 559. The molecule has 1 amide bonds. The lowest BCUT2D eigenvalue weighted by Crippen LogP contribution is -2.14. The van der Waals surface area contributed by atoms with Crippen molar-refractivity contribution in [2.24, 2.45) is 0 Å². The largest absolute Gasteiger partial charge is 0.450 e. The Morgan fingerprint density at radius 2 is 1.79 bits per heavy atom. The van der Waals surface area contributed by atoms with Gasteiger partial charge in [0.25, 0.3) is 5.91 Å². The first kappa shape index (κ1) is 12.9. The maximum absolute atomic E-state index is 12.0. The van der Waals surface area contributed by atoms with Crippen molar-refractivity contribution in [1.82, 2.24) is 4.57 Å². The van der Waals surface area contributed by atoms with Gasteiger partial charge in [-0.15, -0.1) is 0 Å². The molecular weight excluding hydrogens is 244 g/mol. The second kappa shape index (κ2) is 5.86. The molecule has 0 atom stereocenters. The lowest BCUT2D eigenvalue weighted by atomic mass is 10.2. The van der Waals surface area contributed by atoms with Gasteiger partial charge in [0.2, 0.25) is 0 Å². The Hall–Kier alpha value is -2.56. The third-order valence-electron chi connectivity index (χ3n) is 2.49. The quantitative estimate of drug-likeness (QED) is 0.920. The molecule has 2 rings (SSSR count). The zero-order valence-corrected chi connectivity index (χ0v) is 10.5. The first-order valence-electron chi connectivity index (χ1n) is 5.92. The normalized spacial score (nSPS) is 9.95. The van der Waals surface area contributed by atoms with Gasteiger partial charge in [0.1, 0.15) is 0 Å². The average molecular weight is 258 g/mol. The minimum absolute atomic E-state index is 0.118. The highest BCUT2D eigenvalue weighted by Gasteiger charge is 2.07. The fourth-order valence-electron chi connectivity index (χ4n) is 1.60. The highest BCUT2D eigenvalue weighted by Crippen LogP contribution is 2.11. The summed E-state index contributed by atoms with van der Waals surface area (Å²) in [5.74, 6) is -0.118. The molecule has 1 aromatic heterocycles. The third kappa shape index (κ3) is 3.22. The van der Waals surface area contributed by atoms with Crippen molar-refractivity contribution in [3.63, 3.8) is 0 Å². The van der Waals surface area contributed by atoms with Crippen molar-refractivity contribution in [3.05, 3.63) is 54.4 Å². The molecule has 1 aromatic carbocycles. The van der Waals surface area contributed by atoms with E-state index in [1.807, 2.05) is 0 Å². The molecule has 0 saturated carbocycles. The summed E-state index contributed by atoms with van der Waals surface area (Å²) in [5, 5.41) is 2.56. The lowest BCUT2D eigenvalue weighted by molar-refractivity contribution is 0.0960. The molecule has 19 heavy (non-hydrogen) atoms. The molecule has 0 saturated heterocycles. The highest BCUT2D eigenvalue weighted by molar-refractivity contribution is 5.96. The molecule has 0 spiro atoms. The predicted octanol–water partition coefficient (Wildman–Crippen LogP) is 2.75. The van der Waals surface area contributed by atoms with Crippen LogP contribution in [0, 0.1) is 0 Å². The number of carbonyl (C=O) groups is 2. The van der Waals surface area contributed by atoms with Gasteiger partial charge in [-0.2, -0.15) is 0 Å². The summed E-state index contributed by atoms with van der Waals surface area (Å²) in [6, 6.07) is 10.2. The van der Waals surface area contributed by atoms with Crippen molar-refractivity contribution in [2.75, 3.05) is 11.9 Å². The van der Waals surface area contributed by atoms with E-state index in [0.717, 1.165) is 0 Å². The van der Waals surface area contributed by atoms with E-state index in [1.165, 1.54) is 4.57 Å². The van der Waals surface area contributed by atoms with E-state index in [4.69, 9.17) is 4.74 Å². The summed E-state index contributed by atoms with van der Waals surface area (Å²) in [7, 11) is 0. The lowest BCUT2D eigenvalue weighted by Gasteiger charge is -2.06. The molecule has 2 aromatic rings. The minimum Gasteiger partial charge on any atom is -0.450 e. The molecule has 0 aliphatic heterocycles. The van der Waals surface area contributed by atoms with E-state index in [-0.39, 0.29) is 5.91 Å². The first-order chi connectivity index (χ1) is 9.20. The molecule has 5 nitrogen and oxygen atoms in total. The van der Waals surface area contributed by atoms with Crippen LogP contribution in [0.5, 0.6) is 0 Å². The SMILES string of the molecule is CCOC(=O)Nc1ccc(C(=O)n2cccc2)cc1.